The van der Waals surface area contributed by atoms with Crippen LogP contribution in [0.4, 0.5) is 0 Å². The number of carbonyl (C=O) groups excluding carboxylic acids is 2. The van der Waals surface area contributed by atoms with Gasteiger partial charge in [0.2, 0.25) is 5.91 Å². The van der Waals surface area contributed by atoms with Crippen molar-refractivity contribution in [3.63, 3.8) is 0 Å². The molecule has 0 saturated heterocycles. The molecule has 0 aromatic carbocycles. The minimum atomic E-state index is -0.947. The molecule has 1 spiro atoms. The summed E-state index contributed by atoms with van der Waals surface area (Å²) in [6.45, 7) is 3.51. The van der Waals surface area contributed by atoms with Crippen molar-refractivity contribution in [2.75, 3.05) is 6.61 Å². The molecule has 10 nitrogen and oxygen atoms in total. The van der Waals surface area contributed by atoms with Crippen molar-refractivity contribution in [3.05, 3.63) is 59.0 Å². The predicted molar refractivity (Wildman–Crippen MR) is 143 cm³/mol. The summed E-state index contributed by atoms with van der Waals surface area (Å²) in [6.07, 6.45) is 10.7. The third-order valence-corrected chi connectivity index (χ3v) is 9.17. The molecule has 2 aliphatic carbocycles. The fraction of sp³-hybridized carbons (Fsp3) is 0.407. The van der Waals surface area contributed by atoms with E-state index in [1.54, 1.807) is 49.0 Å². The lowest BCUT2D eigenvalue weighted by molar-refractivity contribution is -0.0774. The van der Waals surface area contributed by atoms with Crippen LogP contribution in [0, 0.1) is 5.41 Å². The summed E-state index contributed by atoms with van der Waals surface area (Å²) in [5.74, 6) is -0.0524. The molecule has 4 N–H and O–H groups in total. The topological polar surface area (TPSA) is 141 Å². The fourth-order valence-electron chi connectivity index (χ4n) is 5.52. The Bertz CT molecular complexity index is 1450. The highest BCUT2D eigenvalue weighted by Gasteiger charge is 2.54. The Balaban J connectivity index is 0.999. The summed E-state index contributed by atoms with van der Waals surface area (Å²) >= 11 is -0.947. The lowest BCUT2D eigenvalue weighted by Crippen LogP contribution is -2.58. The molecule has 1 atom stereocenters. The fourth-order valence-corrected chi connectivity index (χ4v) is 7.24. The quantitative estimate of drug-likeness (QED) is 0.324. The van der Waals surface area contributed by atoms with Gasteiger partial charge in [-0.3, -0.25) is 14.6 Å². The molecular weight excluding hydrogens is 506 g/mol. The highest BCUT2D eigenvalue weighted by Crippen LogP contribution is 2.60. The van der Waals surface area contributed by atoms with E-state index in [1.807, 2.05) is 11.5 Å². The molecule has 3 aromatic heterocycles. The number of nitrogens with two attached hydrogens (primary N) is 1. The molecule has 2 amide bonds. The lowest BCUT2D eigenvalue weighted by Gasteiger charge is -2.57. The number of rotatable bonds is 8. The first kappa shape index (κ1) is 24.9. The van der Waals surface area contributed by atoms with E-state index in [4.69, 9.17) is 14.7 Å². The maximum atomic E-state index is 13.0. The van der Waals surface area contributed by atoms with Gasteiger partial charge in [0.25, 0.3) is 5.91 Å². The van der Waals surface area contributed by atoms with E-state index in [9.17, 15) is 14.7 Å². The van der Waals surface area contributed by atoms with E-state index >= 15 is 0 Å². The van der Waals surface area contributed by atoms with Crippen molar-refractivity contribution in [1.82, 2.24) is 19.9 Å². The maximum Gasteiger partial charge on any atom is 0.255 e. The summed E-state index contributed by atoms with van der Waals surface area (Å²) in [4.78, 5) is 29.8. The number of hydrogen-bond donors (Lipinski definition) is 4. The number of nitrogens with zero attached hydrogens (tertiary/aromatic N) is 3. The van der Waals surface area contributed by atoms with Gasteiger partial charge in [0, 0.05) is 17.1 Å². The van der Waals surface area contributed by atoms with Crippen LogP contribution >= 0.6 is 11.2 Å². The first-order chi connectivity index (χ1) is 18.1. The summed E-state index contributed by atoms with van der Waals surface area (Å²) in [6, 6.07) is 5.50. The molecule has 4 heterocycles. The van der Waals surface area contributed by atoms with E-state index in [1.165, 1.54) is 6.20 Å². The molecule has 1 aliphatic heterocycles. The van der Waals surface area contributed by atoms with Crippen LogP contribution in [-0.4, -0.2) is 55.9 Å². The molecule has 2 saturated carbocycles. The van der Waals surface area contributed by atoms with E-state index in [0.29, 0.717) is 22.4 Å². The highest BCUT2D eigenvalue weighted by atomic mass is 32.2. The second-order valence-corrected chi connectivity index (χ2v) is 12.8. The maximum absolute atomic E-state index is 13.0. The van der Waals surface area contributed by atoms with Crippen LogP contribution in [0.2, 0.25) is 0 Å². The zero-order valence-corrected chi connectivity index (χ0v) is 22.1. The van der Waals surface area contributed by atoms with Gasteiger partial charge < -0.3 is 25.1 Å². The number of aliphatic hydroxyl groups is 1. The van der Waals surface area contributed by atoms with Gasteiger partial charge in [0.05, 0.1) is 46.4 Å². The van der Waals surface area contributed by atoms with E-state index in [-0.39, 0.29) is 30.1 Å². The number of nitrogens with one attached hydrogen (secondary N) is 1. The molecule has 3 aromatic rings. The van der Waals surface area contributed by atoms with Crippen LogP contribution in [0.25, 0.3) is 11.6 Å². The number of hydrogen-bond acceptors (Lipinski definition) is 7. The van der Waals surface area contributed by atoms with Gasteiger partial charge in [-0.25, -0.2) is 4.52 Å². The van der Waals surface area contributed by atoms with E-state index < -0.39 is 22.7 Å². The van der Waals surface area contributed by atoms with E-state index in [2.05, 4.69) is 15.4 Å². The second-order valence-electron chi connectivity index (χ2n) is 11.2. The number of amides is 2. The van der Waals surface area contributed by atoms with Crippen molar-refractivity contribution in [3.8, 4) is 5.75 Å². The lowest BCUT2D eigenvalue weighted by atomic mass is 9.53. The van der Waals surface area contributed by atoms with Crippen LogP contribution < -0.4 is 15.8 Å². The standard InChI is InChI=1S/C27H31N5O5S/c1-26(2,35)15-36-18-3-4-22-20(13-30-32(22)14-18)25(34)31-17-8-27(9-17)10-19(11-27)37-38-6-5-21-23(38)7-16(12-29-21)24(28)33/h3-7,12-14,17,19,35,38H,8-11,15H2,1-2H3,(H2,28,33)(H,31,34). The zero-order valence-electron chi connectivity index (χ0n) is 21.3. The van der Waals surface area contributed by atoms with Crippen molar-refractivity contribution < 1.29 is 23.6 Å². The smallest absolute Gasteiger partial charge is 0.255 e. The summed E-state index contributed by atoms with van der Waals surface area (Å²) < 4.78 is 13.6. The number of carbonyl (C=O) groups is 2. The monoisotopic (exact) mass is 537 g/mol. The molecule has 0 bridgehead atoms. The molecule has 38 heavy (non-hydrogen) atoms. The molecular formula is C27H31N5O5S. The zero-order chi connectivity index (χ0) is 26.7. The van der Waals surface area contributed by atoms with Crippen molar-refractivity contribution in [2.45, 2.75) is 62.2 Å². The number of pyridine rings is 2. The normalized spacial score (nSPS) is 26.6. The van der Waals surface area contributed by atoms with Crippen molar-refractivity contribution in [2.24, 2.45) is 11.1 Å². The Morgan fingerprint density at radius 2 is 2.05 bits per heavy atom. The minimum Gasteiger partial charge on any atom is -0.489 e. The van der Waals surface area contributed by atoms with Gasteiger partial charge in [0.15, 0.2) is 0 Å². The number of ether oxygens (including phenoxy) is 1. The van der Waals surface area contributed by atoms with Crippen LogP contribution in [0.5, 0.6) is 5.75 Å². The molecule has 2 fully saturated rings. The minimum absolute atomic E-state index is 0.132. The van der Waals surface area contributed by atoms with Gasteiger partial charge in [-0.1, -0.05) is 11.2 Å². The first-order valence-electron chi connectivity index (χ1n) is 12.7. The average Bonchev–Trinajstić information content (AvgIpc) is 3.42. The third-order valence-electron chi connectivity index (χ3n) is 7.39. The van der Waals surface area contributed by atoms with Gasteiger partial charge in [-0.05, 0) is 74.6 Å². The molecule has 200 valence electrons. The SMILES string of the molecule is CC(C)(O)COc1ccc2c(C(=O)NC3CC4(C3)CC(O[SH]3C=Cc5ncc(C(N)=O)cc53)C4)cnn2c1. The van der Waals surface area contributed by atoms with Gasteiger partial charge in [-0.15, -0.1) is 0 Å². The predicted octanol–water partition coefficient (Wildman–Crippen LogP) is 3.00. The Labute approximate surface area is 222 Å². The summed E-state index contributed by atoms with van der Waals surface area (Å²) in [5.41, 5.74) is 7.16. The molecule has 6 rings (SSSR count). The van der Waals surface area contributed by atoms with Gasteiger partial charge in [-0.2, -0.15) is 5.10 Å². The van der Waals surface area contributed by atoms with Crippen LogP contribution in [0.15, 0.2) is 47.1 Å². The van der Waals surface area contributed by atoms with Crippen molar-refractivity contribution >= 4 is 34.6 Å². The molecule has 3 aliphatic rings. The third kappa shape index (κ3) is 4.77. The average molecular weight is 538 g/mol. The Morgan fingerprint density at radius 3 is 2.79 bits per heavy atom. The van der Waals surface area contributed by atoms with Crippen LogP contribution in [0.1, 0.15) is 65.9 Å². The number of aromatic nitrogens is 3. The van der Waals surface area contributed by atoms with Gasteiger partial charge in [0.1, 0.15) is 12.4 Å². The number of primary amides is 1. The summed E-state index contributed by atoms with van der Waals surface area (Å²) in [7, 11) is 0. The Hall–Kier alpha value is -3.41. The van der Waals surface area contributed by atoms with E-state index in [0.717, 1.165) is 36.3 Å². The van der Waals surface area contributed by atoms with Crippen LogP contribution in [0.3, 0.4) is 0 Å². The molecule has 1 unspecified atom stereocenters. The summed E-state index contributed by atoms with van der Waals surface area (Å²) in [5, 5.41) is 19.3. The molecule has 0 radical (unpaired) electrons. The first-order valence-corrected chi connectivity index (χ1v) is 14.0. The number of fused-ring (bicyclic) bond motifs is 2. The number of thiol groups is 1. The Kier molecular flexibility index (Phi) is 5.97. The van der Waals surface area contributed by atoms with Crippen LogP contribution in [-0.2, 0) is 4.18 Å². The Morgan fingerprint density at radius 1 is 1.26 bits per heavy atom. The largest absolute Gasteiger partial charge is 0.489 e. The second kappa shape index (κ2) is 9.11. The van der Waals surface area contributed by atoms with Gasteiger partial charge >= 0.3 is 0 Å². The highest BCUT2D eigenvalue weighted by molar-refractivity contribution is 8.16. The molecule has 11 heteroatoms. The van der Waals surface area contributed by atoms with Crippen molar-refractivity contribution in [1.29, 1.82) is 0 Å².